The number of carbonyl (C=O) groups excluding carboxylic acids is 2. The number of nitrogens with one attached hydrogen (secondary N) is 2. The first kappa shape index (κ1) is 21.7. The van der Waals surface area contributed by atoms with E-state index in [0.29, 0.717) is 10.7 Å². The normalized spacial score (nSPS) is 14.7. The predicted molar refractivity (Wildman–Crippen MR) is 116 cm³/mol. The Hall–Kier alpha value is -3.03. The van der Waals surface area contributed by atoms with Crippen molar-refractivity contribution in [3.8, 4) is 0 Å². The van der Waals surface area contributed by atoms with Crippen LogP contribution < -0.4 is 10.6 Å². The molecule has 3 N–H and O–H groups in total. The van der Waals surface area contributed by atoms with Crippen LogP contribution >= 0.6 is 11.6 Å². The number of benzene rings is 2. The van der Waals surface area contributed by atoms with Crippen LogP contribution in [0, 0.1) is 0 Å². The lowest BCUT2D eigenvalue weighted by molar-refractivity contribution is -0.136. The number of esters is 1. The summed E-state index contributed by atoms with van der Waals surface area (Å²) in [5, 5.41) is 16.2. The molecular weight excluding hydrogens is 406 g/mol. The van der Waals surface area contributed by atoms with E-state index in [2.05, 4.69) is 10.6 Å². The first-order valence-electron chi connectivity index (χ1n) is 9.54. The maximum Gasteiger partial charge on any atom is 0.337 e. The largest absolute Gasteiger partial charge is 0.466 e. The van der Waals surface area contributed by atoms with Gasteiger partial charge in [-0.05, 0) is 30.7 Å². The van der Waals surface area contributed by atoms with Crippen molar-refractivity contribution in [2.45, 2.75) is 13.0 Å². The number of halogens is 1. The molecule has 1 aliphatic heterocycles. The first-order valence-corrected chi connectivity index (χ1v) is 9.92. The number of rotatable bonds is 8. The molecule has 1 amide bonds. The molecule has 0 fully saturated rings. The van der Waals surface area contributed by atoms with E-state index in [9.17, 15) is 14.7 Å². The minimum absolute atomic E-state index is 0.00727. The number of hydrogen-bond donors (Lipinski definition) is 3. The highest BCUT2D eigenvalue weighted by molar-refractivity contribution is 6.31. The van der Waals surface area contributed by atoms with E-state index in [0.717, 1.165) is 11.3 Å². The number of β-amino-alcohol motifs (C(OH)–C–C–N with tert-alkyl or cyclic N) is 1. The zero-order valence-electron chi connectivity index (χ0n) is 16.8. The minimum atomic E-state index is -0.597. The van der Waals surface area contributed by atoms with Crippen molar-refractivity contribution in [2.24, 2.45) is 0 Å². The molecule has 158 valence electrons. The number of aliphatic hydroxyl groups is 1. The molecule has 1 heterocycles. The summed E-state index contributed by atoms with van der Waals surface area (Å²) in [5.41, 5.74) is 2.70. The number of anilines is 2. The third-order valence-electron chi connectivity index (χ3n) is 4.87. The van der Waals surface area contributed by atoms with Crippen LogP contribution in [-0.4, -0.2) is 48.7 Å². The number of amides is 1. The molecule has 2 aromatic carbocycles. The molecule has 30 heavy (non-hydrogen) atoms. The van der Waals surface area contributed by atoms with Gasteiger partial charge in [0.2, 0.25) is 0 Å². The average molecular weight is 430 g/mol. The third-order valence-corrected chi connectivity index (χ3v) is 5.10. The van der Waals surface area contributed by atoms with Gasteiger partial charge in [-0.2, -0.15) is 0 Å². The maximum atomic E-state index is 12.8. The zero-order chi connectivity index (χ0) is 21.7. The van der Waals surface area contributed by atoms with Gasteiger partial charge in [0.05, 0.1) is 37.2 Å². The van der Waals surface area contributed by atoms with E-state index >= 15 is 0 Å². The lowest BCUT2D eigenvalue weighted by atomic mass is 10.1. The summed E-state index contributed by atoms with van der Waals surface area (Å²) < 4.78 is 4.83. The molecule has 1 aliphatic rings. The van der Waals surface area contributed by atoms with Crippen LogP contribution in [0.25, 0.3) is 0 Å². The highest BCUT2D eigenvalue weighted by Gasteiger charge is 2.34. The van der Waals surface area contributed by atoms with Gasteiger partial charge in [0.25, 0.3) is 5.91 Å². The quantitative estimate of drug-likeness (QED) is 0.558. The molecule has 0 aliphatic carbocycles. The van der Waals surface area contributed by atoms with E-state index in [1.807, 2.05) is 43.3 Å². The fraction of sp³-hybridized carbons (Fsp3) is 0.273. The fourth-order valence-corrected chi connectivity index (χ4v) is 3.46. The van der Waals surface area contributed by atoms with Crippen LogP contribution in [0.15, 0.2) is 59.8 Å². The molecule has 0 bridgehead atoms. The van der Waals surface area contributed by atoms with E-state index < -0.39 is 5.97 Å². The first-order chi connectivity index (χ1) is 14.4. The van der Waals surface area contributed by atoms with E-state index in [-0.39, 0.29) is 42.9 Å². The molecular formula is C22H24ClN3O4. The molecule has 1 unspecified atom stereocenters. The number of hydrogen-bond acceptors (Lipinski definition) is 6. The van der Waals surface area contributed by atoms with Gasteiger partial charge in [-0.25, -0.2) is 4.79 Å². The highest BCUT2D eigenvalue weighted by Crippen LogP contribution is 2.32. The van der Waals surface area contributed by atoms with Crippen molar-refractivity contribution < 1.29 is 19.4 Å². The van der Waals surface area contributed by atoms with E-state index in [4.69, 9.17) is 16.3 Å². The molecule has 1 atom stereocenters. The highest BCUT2D eigenvalue weighted by atomic mass is 35.5. The molecule has 0 aromatic heterocycles. The van der Waals surface area contributed by atoms with Crippen molar-refractivity contribution in [1.82, 2.24) is 4.90 Å². The van der Waals surface area contributed by atoms with Crippen molar-refractivity contribution in [3.63, 3.8) is 0 Å². The Morgan fingerprint density at radius 1 is 1.23 bits per heavy atom. The Balaban J connectivity index is 1.92. The van der Waals surface area contributed by atoms with E-state index in [1.165, 1.54) is 12.0 Å². The van der Waals surface area contributed by atoms with Crippen molar-refractivity contribution in [1.29, 1.82) is 0 Å². The molecule has 8 heteroatoms. The summed E-state index contributed by atoms with van der Waals surface area (Å²) in [6.07, 6.45) is 0. The molecule has 2 aromatic rings. The van der Waals surface area contributed by atoms with Gasteiger partial charge in [0.1, 0.15) is 5.70 Å². The molecule has 0 saturated carbocycles. The van der Waals surface area contributed by atoms with Gasteiger partial charge in [-0.3, -0.25) is 4.79 Å². The van der Waals surface area contributed by atoms with Gasteiger partial charge in [-0.15, -0.1) is 0 Å². The molecule has 3 rings (SSSR count). The number of aliphatic hydroxyl groups excluding tert-OH is 1. The Bertz CT molecular complexity index is 962. The number of nitrogens with zero attached hydrogens (tertiary/aromatic N) is 1. The van der Waals surface area contributed by atoms with Crippen molar-refractivity contribution >= 4 is 34.9 Å². The Morgan fingerprint density at radius 3 is 2.63 bits per heavy atom. The van der Waals surface area contributed by atoms with Gasteiger partial charge >= 0.3 is 5.97 Å². The molecule has 7 nitrogen and oxygen atoms in total. The second-order valence-corrected chi connectivity index (χ2v) is 7.32. The summed E-state index contributed by atoms with van der Waals surface area (Å²) in [6, 6.07) is 15.2. The smallest absolute Gasteiger partial charge is 0.337 e. The lowest BCUT2D eigenvalue weighted by Crippen LogP contribution is -2.31. The average Bonchev–Trinajstić information content (AvgIpc) is 3.06. The summed E-state index contributed by atoms with van der Waals surface area (Å²) >= 11 is 6.19. The molecule has 0 saturated heterocycles. The van der Waals surface area contributed by atoms with Crippen LogP contribution in [0.5, 0.6) is 0 Å². The van der Waals surface area contributed by atoms with Gasteiger partial charge in [-0.1, -0.05) is 41.9 Å². The summed E-state index contributed by atoms with van der Waals surface area (Å²) in [4.78, 5) is 26.4. The third kappa shape index (κ3) is 4.75. The SMILES string of the molecule is COC(=O)C1=C(Nc2cc(Cl)ccc2NC(C)c2ccccc2)C(=O)N(CCO)C1. The minimum Gasteiger partial charge on any atom is -0.466 e. The predicted octanol–water partition coefficient (Wildman–Crippen LogP) is 3.19. The van der Waals surface area contributed by atoms with Crippen LogP contribution in [0.4, 0.5) is 11.4 Å². The molecule has 0 spiro atoms. The second-order valence-electron chi connectivity index (χ2n) is 6.89. The summed E-state index contributed by atoms with van der Waals surface area (Å²) in [6.45, 7) is 2.01. The Kier molecular flexibility index (Phi) is 6.97. The van der Waals surface area contributed by atoms with Gasteiger partial charge in [0.15, 0.2) is 0 Å². The van der Waals surface area contributed by atoms with Crippen molar-refractivity contribution in [3.05, 3.63) is 70.4 Å². The van der Waals surface area contributed by atoms with Crippen LogP contribution in [0.2, 0.25) is 5.02 Å². The van der Waals surface area contributed by atoms with Crippen LogP contribution in [-0.2, 0) is 14.3 Å². The zero-order valence-corrected chi connectivity index (χ0v) is 17.6. The topological polar surface area (TPSA) is 90.9 Å². The number of ether oxygens (including phenoxy) is 1. The monoisotopic (exact) mass is 429 g/mol. The Morgan fingerprint density at radius 2 is 1.97 bits per heavy atom. The van der Waals surface area contributed by atoms with Gasteiger partial charge < -0.3 is 25.4 Å². The van der Waals surface area contributed by atoms with E-state index in [1.54, 1.807) is 12.1 Å². The number of methoxy groups -OCH3 is 1. The maximum absolute atomic E-state index is 12.8. The second kappa shape index (κ2) is 9.65. The van der Waals surface area contributed by atoms with Crippen LogP contribution in [0.3, 0.4) is 0 Å². The Labute approximate surface area is 180 Å². The standard InChI is InChI=1S/C22H24ClN3O4/c1-14(15-6-4-3-5-7-15)24-18-9-8-16(23)12-19(18)25-20-17(22(29)30-2)13-26(10-11-27)21(20)28/h3-9,12,14,24-25,27H,10-11,13H2,1-2H3. The molecule has 0 radical (unpaired) electrons. The fourth-order valence-electron chi connectivity index (χ4n) is 3.29. The van der Waals surface area contributed by atoms with Gasteiger partial charge in [0, 0.05) is 17.6 Å². The van der Waals surface area contributed by atoms with Crippen LogP contribution in [0.1, 0.15) is 18.5 Å². The lowest BCUT2D eigenvalue weighted by Gasteiger charge is -2.20. The number of carbonyl (C=O) groups is 2. The summed E-state index contributed by atoms with van der Waals surface area (Å²) in [5.74, 6) is -0.980. The van der Waals surface area contributed by atoms with Crippen molar-refractivity contribution in [2.75, 3.05) is 37.4 Å². The summed E-state index contributed by atoms with van der Waals surface area (Å²) in [7, 11) is 1.26.